The Bertz CT molecular complexity index is 934. The van der Waals surface area contributed by atoms with E-state index in [2.05, 4.69) is 16.5 Å². The van der Waals surface area contributed by atoms with Crippen molar-refractivity contribution in [3.8, 4) is 0 Å². The number of nitrogens with zero attached hydrogens (tertiary/aromatic N) is 1. The minimum Gasteiger partial charge on any atom is -0.454 e. The third kappa shape index (κ3) is 3.22. The third-order valence-electron chi connectivity index (χ3n) is 4.46. The van der Waals surface area contributed by atoms with Crippen LogP contribution in [0.2, 0.25) is 0 Å². The largest absolute Gasteiger partial charge is 0.454 e. The Kier molecular flexibility index (Phi) is 4.74. The Balaban J connectivity index is 1.72. The highest BCUT2D eigenvalue weighted by Gasteiger charge is 2.19. The molecule has 0 aliphatic heterocycles. The molecule has 0 aliphatic rings. The number of benzene rings is 1. The molecule has 130 valence electrons. The van der Waals surface area contributed by atoms with Crippen LogP contribution >= 0.6 is 0 Å². The zero-order chi connectivity index (χ0) is 18.0. The molecule has 0 atom stereocenters. The molecule has 5 heteroatoms. The molecular formula is C20H22N2O3. The summed E-state index contributed by atoms with van der Waals surface area (Å²) in [6, 6.07) is 9.36. The number of para-hydroxylation sites is 1. The summed E-state index contributed by atoms with van der Waals surface area (Å²) in [6.07, 6.45) is 2.62. The standard InChI is InChI=1S/C20H22N2O3/c1-4-9-22-13(2)10-16(14(22)3)19(23)12-25-20(24)17-11-21-18-8-6-5-7-15(17)18/h5-8,10-11,21H,4,9,12H2,1-3H3. The number of H-pyrrole nitrogens is 1. The van der Waals surface area contributed by atoms with Gasteiger partial charge in [-0.05, 0) is 32.4 Å². The van der Waals surface area contributed by atoms with Gasteiger partial charge in [-0.15, -0.1) is 0 Å². The van der Waals surface area contributed by atoms with Crippen LogP contribution in [0.5, 0.6) is 0 Å². The van der Waals surface area contributed by atoms with E-state index in [1.54, 1.807) is 6.20 Å². The van der Waals surface area contributed by atoms with Gasteiger partial charge >= 0.3 is 5.97 Å². The summed E-state index contributed by atoms with van der Waals surface area (Å²) in [5, 5.41) is 0.793. The molecule has 0 bridgehead atoms. The quantitative estimate of drug-likeness (QED) is 0.545. The van der Waals surface area contributed by atoms with E-state index in [0.717, 1.165) is 35.3 Å². The highest BCUT2D eigenvalue weighted by molar-refractivity contribution is 6.05. The van der Waals surface area contributed by atoms with Gasteiger partial charge in [0.1, 0.15) is 0 Å². The van der Waals surface area contributed by atoms with Crippen LogP contribution < -0.4 is 0 Å². The molecule has 0 fully saturated rings. The summed E-state index contributed by atoms with van der Waals surface area (Å²) in [4.78, 5) is 27.8. The van der Waals surface area contributed by atoms with Crippen LogP contribution in [0.3, 0.4) is 0 Å². The van der Waals surface area contributed by atoms with Gasteiger partial charge in [0.05, 0.1) is 5.56 Å². The van der Waals surface area contributed by atoms with Crippen LogP contribution in [0.15, 0.2) is 36.5 Å². The lowest BCUT2D eigenvalue weighted by Crippen LogP contribution is -2.15. The van der Waals surface area contributed by atoms with Crippen molar-refractivity contribution >= 4 is 22.7 Å². The van der Waals surface area contributed by atoms with Gasteiger partial charge in [0, 0.05) is 40.6 Å². The molecule has 25 heavy (non-hydrogen) atoms. The molecule has 0 saturated heterocycles. The smallest absolute Gasteiger partial charge is 0.340 e. The Morgan fingerprint density at radius 2 is 1.92 bits per heavy atom. The van der Waals surface area contributed by atoms with E-state index in [-0.39, 0.29) is 12.4 Å². The number of nitrogens with one attached hydrogen (secondary N) is 1. The van der Waals surface area contributed by atoms with Gasteiger partial charge in [-0.25, -0.2) is 4.79 Å². The molecular weight excluding hydrogens is 316 g/mol. The lowest BCUT2D eigenvalue weighted by atomic mass is 10.1. The molecule has 2 aromatic heterocycles. The number of esters is 1. The average Bonchev–Trinajstić information content (AvgIpc) is 3.16. The number of ether oxygens (including phenoxy) is 1. The predicted octanol–water partition coefficient (Wildman–Crippen LogP) is 4.04. The maximum Gasteiger partial charge on any atom is 0.340 e. The number of aryl methyl sites for hydroxylation is 1. The number of ketones is 1. The second kappa shape index (κ2) is 6.97. The van der Waals surface area contributed by atoms with E-state index >= 15 is 0 Å². The van der Waals surface area contributed by atoms with Crippen molar-refractivity contribution in [2.24, 2.45) is 0 Å². The van der Waals surface area contributed by atoms with E-state index in [1.807, 2.05) is 44.2 Å². The average molecular weight is 338 g/mol. The molecule has 1 N–H and O–H groups in total. The van der Waals surface area contributed by atoms with Crippen LogP contribution in [0, 0.1) is 13.8 Å². The summed E-state index contributed by atoms with van der Waals surface area (Å²) >= 11 is 0. The molecule has 1 aromatic carbocycles. The highest BCUT2D eigenvalue weighted by atomic mass is 16.5. The Hall–Kier alpha value is -2.82. The fourth-order valence-corrected chi connectivity index (χ4v) is 3.18. The lowest BCUT2D eigenvalue weighted by molar-refractivity contribution is 0.0476. The van der Waals surface area contributed by atoms with Gasteiger partial charge < -0.3 is 14.3 Å². The van der Waals surface area contributed by atoms with E-state index in [1.165, 1.54) is 0 Å². The summed E-state index contributed by atoms with van der Waals surface area (Å²) in [5.74, 6) is -0.670. The first-order valence-electron chi connectivity index (χ1n) is 8.46. The van der Waals surface area contributed by atoms with Crippen molar-refractivity contribution in [1.82, 2.24) is 9.55 Å². The van der Waals surface area contributed by atoms with Crippen LogP contribution in [-0.4, -0.2) is 27.9 Å². The molecule has 3 aromatic rings. The van der Waals surface area contributed by atoms with E-state index in [4.69, 9.17) is 4.74 Å². The van der Waals surface area contributed by atoms with Crippen LogP contribution in [-0.2, 0) is 11.3 Å². The van der Waals surface area contributed by atoms with Gasteiger partial charge in [0.15, 0.2) is 6.61 Å². The molecule has 0 aliphatic carbocycles. The number of hydrogen-bond donors (Lipinski definition) is 1. The van der Waals surface area contributed by atoms with Crippen molar-refractivity contribution in [1.29, 1.82) is 0 Å². The maximum atomic E-state index is 12.5. The first-order chi connectivity index (χ1) is 12.0. The molecule has 0 unspecified atom stereocenters. The van der Waals surface area contributed by atoms with Crippen LogP contribution in [0.25, 0.3) is 10.9 Å². The normalized spacial score (nSPS) is 11.0. The van der Waals surface area contributed by atoms with Crippen molar-refractivity contribution in [3.63, 3.8) is 0 Å². The molecule has 2 heterocycles. The van der Waals surface area contributed by atoms with Crippen molar-refractivity contribution in [3.05, 3.63) is 59.0 Å². The SMILES string of the molecule is CCCn1c(C)cc(C(=O)COC(=O)c2c[nH]c3ccccc23)c1C. The number of aromatic nitrogens is 2. The molecule has 0 amide bonds. The monoisotopic (exact) mass is 338 g/mol. The number of Topliss-reactive ketones (excluding diaryl/α,β-unsaturated/α-hetero) is 1. The first kappa shape index (κ1) is 17.0. The fraction of sp³-hybridized carbons (Fsp3) is 0.300. The summed E-state index contributed by atoms with van der Waals surface area (Å²) in [6.45, 7) is 6.63. The first-order valence-corrected chi connectivity index (χ1v) is 8.46. The molecule has 0 saturated carbocycles. The second-order valence-electron chi connectivity index (χ2n) is 6.18. The van der Waals surface area contributed by atoms with Crippen LogP contribution in [0.4, 0.5) is 0 Å². The minimum absolute atomic E-state index is 0.177. The van der Waals surface area contributed by atoms with Gasteiger partial charge in [-0.2, -0.15) is 0 Å². The number of carbonyl (C=O) groups excluding carboxylic acids is 2. The predicted molar refractivity (Wildman–Crippen MR) is 97.1 cm³/mol. The summed E-state index contributed by atoms with van der Waals surface area (Å²) in [7, 11) is 0. The summed E-state index contributed by atoms with van der Waals surface area (Å²) < 4.78 is 7.38. The van der Waals surface area contributed by atoms with E-state index in [9.17, 15) is 9.59 Å². The molecule has 0 radical (unpaired) electrons. The lowest BCUT2D eigenvalue weighted by Gasteiger charge is -2.08. The van der Waals surface area contributed by atoms with Crippen LogP contribution in [0.1, 0.15) is 45.4 Å². The molecule has 5 nitrogen and oxygen atoms in total. The highest BCUT2D eigenvalue weighted by Crippen LogP contribution is 2.19. The molecule has 0 spiro atoms. The zero-order valence-electron chi connectivity index (χ0n) is 14.8. The minimum atomic E-state index is -0.492. The summed E-state index contributed by atoms with van der Waals surface area (Å²) in [5.41, 5.74) is 3.90. The van der Waals surface area contributed by atoms with Gasteiger partial charge in [0.25, 0.3) is 0 Å². The second-order valence-corrected chi connectivity index (χ2v) is 6.18. The number of aromatic amines is 1. The van der Waals surface area contributed by atoms with E-state index < -0.39 is 5.97 Å². The third-order valence-corrected chi connectivity index (χ3v) is 4.46. The topological polar surface area (TPSA) is 64.1 Å². The van der Waals surface area contributed by atoms with Crippen molar-refractivity contribution in [2.45, 2.75) is 33.7 Å². The van der Waals surface area contributed by atoms with Gasteiger partial charge in [0.2, 0.25) is 5.78 Å². The molecule has 3 rings (SSSR count). The van der Waals surface area contributed by atoms with Crippen molar-refractivity contribution < 1.29 is 14.3 Å². The maximum absolute atomic E-state index is 12.5. The fourth-order valence-electron chi connectivity index (χ4n) is 3.18. The van der Waals surface area contributed by atoms with Gasteiger partial charge in [-0.1, -0.05) is 25.1 Å². The Morgan fingerprint density at radius 3 is 2.68 bits per heavy atom. The number of rotatable bonds is 6. The zero-order valence-corrected chi connectivity index (χ0v) is 14.8. The van der Waals surface area contributed by atoms with Gasteiger partial charge in [-0.3, -0.25) is 4.79 Å². The Morgan fingerprint density at radius 1 is 1.16 bits per heavy atom. The number of hydrogen-bond acceptors (Lipinski definition) is 3. The van der Waals surface area contributed by atoms with E-state index in [0.29, 0.717) is 11.1 Å². The Labute approximate surface area is 146 Å². The van der Waals surface area contributed by atoms with Crippen molar-refractivity contribution in [2.75, 3.05) is 6.61 Å². The number of carbonyl (C=O) groups is 2. The number of fused-ring (bicyclic) bond motifs is 1.